The van der Waals surface area contributed by atoms with Crippen molar-refractivity contribution in [2.24, 2.45) is 17.3 Å². The molecular weight excluding hydrogens is 348 g/mol. The maximum absolute atomic E-state index is 12.7. The van der Waals surface area contributed by atoms with Crippen LogP contribution >= 0.6 is 0 Å². The average molecular weight is 385 g/mol. The van der Waals surface area contributed by atoms with Crippen LogP contribution in [0.4, 0.5) is 0 Å². The predicted octanol–water partition coefficient (Wildman–Crippen LogP) is 2.23. The Kier molecular flexibility index (Phi) is 10.9. The van der Waals surface area contributed by atoms with Crippen LogP contribution in [0.25, 0.3) is 0 Å². The van der Waals surface area contributed by atoms with Gasteiger partial charge >= 0.3 is 0 Å². The van der Waals surface area contributed by atoms with Crippen molar-refractivity contribution >= 4 is 17.9 Å². The number of allylic oxidation sites excluding steroid dienone is 1. The van der Waals surface area contributed by atoms with E-state index in [4.69, 9.17) is 0 Å². The van der Waals surface area contributed by atoms with Gasteiger partial charge in [-0.15, -0.1) is 0 Å². The minimum atomic E-state index is -1.11. The van der Waals surface area contributed by atoms with E-state index in [1.54, 1.807) is 20.8 Å². The van der Waals surface area contributed by atoms with Gasteiger partial charge in [-0.1, -0.05) is 33.3 Å². The minimum Gasteiger partial charge on any atom is -0.392 e. The van der Waals surface area contributed by atoms with Crippen LogP contribution in [0, 0.1) is 17.3 Å². The molecule has 0 rings (SSSR count). The van der Waals surface area contributed by atoms with Crippen molar-refractivity contribution in [2.45, 2.75) is 85.5 Å². The first-order chi connectivity index (χ1) is 12.4. The van der Waals surface area contributed by atoms with Gasteiger partial charge in [0.2, 0.25) is 0 Å². The van der Waals surface area contributed by atoms with Crippen LogP contribution in [-0.4, -0.2) is 51.5 Å². The van der Waals surface area contributed by atoms with E-state index in [0.29, 0.717) is 19.1 Å². The fourth-order valence-electron chi connectivity index (χ4n) is 3.13. The summed E-state index contributed by atoms with van der Waals surface area (Å²) in [6.07, 6.45) is 1.11. The van der Waals surface area contributed by atoms with Crippen LogP contribution < -0.4 is 0 Å². The van der Waals surface area contributed by atoms with Crippen molar-refractivity contribution in [3.05, 3.63) is 11.6 Å². The second-order valence-corrected chi connectivity index (χ2v) is 8.22. The molecule has 27 heavy (non-hydrogen) atoms. The van der Waals surface area contributed by atoms with Crippen molar-refractivity contribution in [3.63, 3.8) is 0 Å². The van der Waals surface area contributed by atoms with Crippen LogP contribution in [0.3, 0.4) is 0 Å². The van der Waals surface area contributed by atoms with E-state index >= 15 is 0 Å². The molecule has 6 nitrogen and oxygen atoms in total. The lowest BCUT2D eigenvalue weighted by atomic mass is 9.73. The van der Waals surface area contributed by atoms with Crippen molar-refractivity contribution in [2.75, 3.05) is 0 Å². The van der Waals surface area contributed by atoms with E-state index < -0.39 is 29.6 Å². The van der Waals surface area contributed by atoms with E-state index in [9.17, 15) is 29.7 Å². The number of aliphatic hydroxyl groups is 3. The highest BCUT2D eigenvalue weighted by atomic mass is 16.3. The number of carbonyl (C=O) groups is 3. The number of carbonyl (C=O) groups excluding carboxylic acids is 3. The van der Waals surface area contributed by atoms with Gasteiger partial charge in [-0.25, -0.2) is 0 Å². The Morgan fingerprint density at radius 1 is 1.07 bits per heavy atom. The Balaban J connectivity index is 4.71. The highest BCUT2D eigenvalue weighted by molar-refractivity contribution is 5.87. The zero-order chi connectivity index (χ0) is 21.4. The molecule has 0 bridgehead atoms. The topological polar surface area (TPSA) is 112 Å². The number of hydrogen-bond acceptors (Lipinski definition) is 6. The molecule has 0 aliphatic rings. The standard InChI is InChI=1S/C21H36O6/c1-13(12-17(24)16(4)23)8-7-9-14(2)19(26)15(3)20(27)21(5,6)18(25)10-11-22/h11-12,14-15,17-19,24-26H,7-10H2,1-6H3/b13-12-. The van der Waals surface area contributed by atoms with Crippen LogP contribution in [0.1, 0.15) is 67.2 Å². The van der Waals surface area contributed by atoms with Gasteiger partial charge in [0.25, 0.3) is 0 Å². The summed E-state index contributed by atoms with van der Waals surface area (Å²) in [4.78, 5) is 34.4. The fraction of sp³-hybridized carbons (Fsp3) is 0.762. The number of ketones is 2. The van der Waals surface area contributed by atoms with Crippen molar-refractivity contribution < 1.29 is 29.7 Å². The quantitative estimate of drug-likeness (QED) is 0.332. The molecule has 0 saturated carbocycles. The number of hydrogen-bond donors (Lipinski definition) is 3. The Bertz CT molecular complexity index is 537. The van der Waals surface area contributed by atoms with Gasteiger partial charge in [0.1, 0.15) is 18.2 Å². The van der Waals surface area contributed by atoms with Gasteiger partial charge in [-0.2, -0.15) is 0 Å². The highest BCUT2D eigenvalue weighted by Crippen LogP contribution is 2.31. The summed E-state index contributed by atoms with van der Waals surface area (Å²) < 4.78 is 0. The lowest BCUT2D eigenvalue weighted by Gasteiger charge is -2.34. The summed E-state index contributed by atoms with van der Waals surface area (Å²) in [6, 6.07) is 0. The molecule has 6 heteroatoms. The summed E-state index contributed by atoms with van der Waals surface area (Å²) in [5.74, 6) is -1.36. The fourth-order valence-corrected chi connectivity index (χ4v) is 3.13. The smallest absolute Gasteiger partial charge is 0.162 e. The normalized spacial score (nSPS) is 18.3. The number of rotatable bonds is 13. The third kappa shape index (κ3) is 8.03. The SMILES string of the molecule is CC(=O)C(O)/C=C(/C)CCCC(C)C(O)C(C)C(=O)C(C)(C)C(O)CC=O. The van der Waals surface area contributed by atoms with Crippen LogP contribution in [-0.2, 0) is 14.4 Å². The first kappa shape index (κ1) is 25.6. The van der Waals surface area contributed by atoms with Crippen molar-refractivity contribution in [1.29, 1.82) is 0 Å². The molecular formula is C21H36O6. The average Bonchev–Trinajstić information content (AvgIpc) is 2.59. The largest absolute Gasteiger partial charge is 0.392 e. The van der Waals surface area contributed by atoms with E-state index in [2.05, 4.69) is 0 Å². The molecule has 0 heterocycles. The second kappa shape index (κ2) is 11.5. The lowest BCUT2D eigenvalue weighted by molar-refractivity contribution is -0.142. The molecule has 0 aliphatic heterocycles. The summed E-state index contributed by atoms with van der Waals surface area (Å²) in [7, 11) is 0. The molecule has 0 saturated heterocycles. The summed E-state index contributed by atoms with van der Waals surface area (Å²) >= 11 is 0. The highest BCUT2D eigenvalue weighted by Gasteiger charge is 2.40. The first-order valence-corrected chi connectivity index (χ1v) is 9.56. The maximum atomic E-state index is 12.7. The zero-order valence-electron chi connectivity index (χ0n) is 17.4. The molecule has 0 radical (unpaired) electrons. The van der Waals surface area contributed by atoms with Gasteiger partial charge in [0.15, 0.2) is 5.78 Å². The first-order valence-electron chi connectivity index (χ1n) is 9.56. The number of aliphatic hydroxyl groups excluding tert-OH is 3. The molecule has 5 atom stereocenters. The molecule has 3 N–H and O–H groups in total. The predicted molar refractivity (Wildman–Crippen MR) is 104 cm³/mol. The second-order valence-electron chi connectivity index (χ2n) is 8.22. The summed E-state index contributed by atoms with van der Waals surface area (Å²) in [5.41, 5.74) is -0.204. The van der Waals surface area contributed by atoms with Crippen LogP contribution in [0.15, 0.2) is 11.6 Å². The molecule has 0 aromatic heterocycles. The maximum Gasteiger partial charge on any atom is 0.162 e. The molecule has 0 aliphatic carbocycles. The molecule has 156 valence electrons. The minimum absolute atomic E-state index is 0.116. The van der Waals surface area contributed by atoms with E-state index in [1.807, 2.05) is 13.8 Å². The molecule has 0 amide bonds. The lowest BCUT2D eigenvalue weighted by Crippen LogP contribution is -2.44. The third-order valence-electron chi connectivity index (χ3n) is 5.39. The van der Waals surface area contributed by atoms with Gasteiger partial charge in [0.05, 0.1) is 17.6 Å². The summed E-state index contributed by atoms with van der Waals surface area (Å²) in [6.45, 7) is 9.87. The van der Waals surface area contributed by atoms with Gasteiger partial charge < -0.3 is 20.1 Å². The molecule has 0 spiro atoms. The van der Waals surface area contributed by atoms with E-state index in [0.717, 1.165) is 12.0 Å². The Labute approximate surface area is 162 Å². The van der Waals surface area contributed by atoms with Gasteiger partial charge in [0, 0.05) is 12.3 Å². The molecule has 0 fully saturated rings. The summed E-state index contributed by atoms with van der Waals surface area (Å²) in [5, 5.41) is 30.1. The zero-order valence-corrected chi connectivity index (χ0v) is 17.4. The van der Waals surface area contributed by atoms with Gasteiger partial charge in [-0.3, -0.25) is 9.59 Å². The van der Waals surface area contributed by atoms with Gasteiger partial charge in [-0.05, 0) is 45.1 Å². The van der Waals surface area contributed by atoms with Crippen LogP contribution in [0.5, 0.6) is 0 Å². The van der Waals surface area contributed by atoms with Crippen LogP contribution in [0.2, 0.25) is 0 Å². The Hall–Kier alpha value is -1.37. The van der Waals surface area contributed by atoms with Crippen molar-refractivity contribution in [1.82, 2.24) is 0 Å². The third-order valence-corrected chi connectivity index (χ3v) is 5.39. The van der Waals surface area contributed by atoms with E-state index in [1.165, 1.54) is 13.0 Å². The Morgan fingerprint density at radius 2 is 1.63 bits per heavy atom. The number of aldehydes is 1. The monoisotopic (exact) mass is 384 g/mol. The number of Topliss-reactive ketones (excluding diaryl/α,β-unsaturated/α-hetero) is 2. The van der Waals surface area contributed by atoms with E-state index in [-0.39, 0.29) is 23.9 Å². The molecule has 5 unspecified atom stereocenters. The Morgan fingerprint density at radius 3 is 2.11 bits per heavy atom. The van der Waals surface area contributed by atoms with Crippen molar-refractivity contribution in [3.8, 4) is 0 Å². The molecule has 0 aromatic rings. The molecule has 0 aromatic carbocycles.